The monoisotopic (exact) mass is 323 g/mol. The molecule has 0 aliphatic heterocycles. The van der Waals surface area contributed by atoms with Crippen LogP contribution in [0.1, 0.15) is 25.4 Å². The fraction of sp³-hybridized carbons (Fsp3) is 0.667. The molecule has 0 radical (unpaired) electrons. The van der Waals surface area contributed by atoms with E-state index in [0.717, 1.165) is 6.26 Å². The van der Waals surface area contributed by atoms with E-state index in [1.54, 1.807) is 12.1 Å². The van der Waals surface area contributed by atoms with Crippen molar-refractivity contribution in [2.24, 2.45) is 0 Å². The van der Waals surface area contributed by atoms with Crippen LogP contribution in [0.5, 0.6) is 0 Å². The topological polar surface area (TPSA) is 93.5 Å². The van der Waals surface area contributed by atoms with E-state index >= 15 is 0 Å². The van der Waals surface area contributed by atoms with Gasteiger partial charge in [-0.25, -0.2) is 16.8 Å². The molecule has 1 N–H and O–H groups in total. The maximum Gasteiger partial charge on any atom is 0.158 e. The Morgan fingerprint density at radius 1 is 1.10 bits per heavy atom. The quantitative estimate of drug-likeness (QED) is 0.758. The Morgan fingerprint density at radius 2 is 1.70 bits per heavy atom. The smallest absolute Gasteiger partial charge is 0.158 e. The molecule has 1 heterocycles. The summed E-state index contributed by atoms with van der Waals surface area (Å²) >= 11 is 0. The summed E-state index contributed by atoms with van der Waals surface area (Å²) in [6, 6.07) is 3.63. The highest BCUT2D eigenvalue weighted by Crippen LogP contribution is 2.12. The summed E-state index contributed by atoms with van der Waals surface area (Å²) in [7, 11) is -6.76. The second kappa shape index (κ2) is 6.73. The van der Waals surface area contributed by atoms with Crippen LogP contribution in [-0.4, -0.2) is 40.6 Å². The van der Waals surface area contributed by atoms with Crippen LogP contribution in [0.4, 0.5) is 0 Å². The van der Waals surface area contributed by atoms with Gasteiger partial charge in [0.25, 0.3) is 0 Å². The number of sulfone groups is 2. The number of hydrogen-bond acceptors (Lipinski definition) is 6. The molecule has 0 bridgehead atoms. The van der Waals surface area contributed by atoms with E-state index in [1.807, 2.05) is 13.8 Å². The molecule has 20 heavy (non-hydrogen) atoms. The van der Waals surface area contributed by atoms with Crippen molar-refractivity contribution >= 4 is 19.7 Å². The molecule has 0 amide bonds. The standard InChI is InChI=1S/C12H21NO5S2/c1-10(2)13-8-11-4-5-12(18-11)9-20(16,17)7-6-19(3,14)15/h4-5,10,13H,6-9H2,1-3H3. The normalized spacial score (nSPS) is 13.0. The van der Waals surface area contributed by atoms with Crippen LogP contribution in [-0.2, 0) is 32.0 Å². The van der Waals surface area contributed by atoms with Crippen LogP contribution in [0.2, 0.25) is 0 Å². The van der Waals surface area contributed by atoms with Crippen molar-refractivity contribution in [1.82, 2.24) is 5.32 Å². The zero-order valence-corrected chi connectivity index (χ0v) is 13.6. The van der Waals surface area contributed by atoms with E-state index in [4.69, 9.17) is 4.42 Å². The maximum atomic E-state index is 11.8. The van der Waals surface area contributed by atoms with Crippen LogP contribution in [0.25, 0.3) is 0 Å². The summed E-state index contributed by atoms with van der Waals surface area (Å²) in [5.74, 6) is -0.0280. The molecule has 1 rings (SSSR count). The average Bonchev–Trinajstić information content (AvgIpc) is 2.70. The van der Waals surface area contributed by atoms with Gasteiger partial charge in [0.2, 0.25) is 0 Å². The van der Waals surface area contributed by atoms with Crippen LogP contribution in [0.15, 0.2) is 16.5 Å². The van der Waals surface area contributed by atoms with E-state index in [-0.39, 0.29) is 17.3 Å². The van der Waals surface area contributed by atoms with Crippen molar-refractivity contribution in [3.05, 3.63) is 23.7 Å². The van der Waals surface area contributed by atoms with E-state index < -0.39 is 19.7 Å². The zero-order chi connectivity index (χ0) is 15.4. The molecule has 1 aromatic rings. The van der Waals surface area contributed by atoms with Gasteiger partial charge in [-0.3, -0.25) is 0 Å². The first-order valence-corrected chi connectivity index (χ1v) is 10.1. The first kappa shape index (κ1) is 17.2. The van der Waals surface area contributed by atoms with Gasteiger partial charge in [-0.15, -0.1) is 0 Å². The predicted octanol–water partition coefficient (Wildman–Crippen LogP) is 0.737. The molecule has 0 saturated heterocycles. The molecule has 0 aliphatic carbocycles. The van der Waals surface area contributed by atoms with Gasteiger partial charge >= 0.3 is 0 Å². The third-order valence-corrected chi connectivity index (χ3v) is 5.28. The van der Waals surface area contributed by atoms with Crippen molar-refractivity contribution in [1.29, 1.82) is 0 Å². The maximum absolute atomic E-state index is 11.8. The van der Waals surface area contributed by atoms with Gasteiger partial charge in [-0.05, 0) is 12.1 Å². The number of rotatable bonds is 8. The van der Waals surface area contributed by atoms with Crippen LogP contribution >= 0.6 is 0 Å². The molecule has 6 nitrogen and oxygen atoms in total. The van der Waals surface area contributed by atoms with Gasteiger partial charge in [0.05, 0.1) is 18.1 Å². The molecule has 0 aliphatic rings. The highest BCUT2D eigenvalue weighted by molar-refractivity contribution is 7.94. The summed E-state index contributed by atoms with van der Waals surface area (Å²) in [4.78, 5) is 0. The van der Waals surface area contributed by atoms with Crippen molar-refractivity contribution in [3.63, 3.8) is 0 Å². The third kappa shape index (κ3) is 7.06. The molecule has 0 unspecified atom stereocenters. The van der Waals surface area contributed by atoms with Gasteiger partial charge in [0.15, 0.2) is 9.84 Å². The van der Waals surface area contributed by atoms with Gasteiger partial charge in [-0.1, -0.05) is 13.8 Å². The van der Waals surface area contributed by atoms with Crippen LogP contribution in [0, 0.1) is 0 Å². The van der Waals surface area contributed by atoms with E-state index in [2.05, 4.69) is 5.32 Å². The lowest BCUT2D eigenvalue weighted by atomic mass is 10.3. The second-order valence-corrected chi connectivity index (χ2v) is 9.57. The van der Waals surface area contributed by atoms with Crippen LogP contribution in [0.3, 0.4) is 0 Å². The summed E-state index contributed by atoms with van der Waals surface area (Å²) in [5, 5.41) is 3.16. The van der Waals surface area contributed by atoms with Crippen molar-refractivity contribution < 1.29 is 21.3 Å². The first-order chi connectivity index (χ1) is 9.07. The Balaban J connectivity index is 2.59. The molecule has 0 atom stereocenters. The predicted molar refractivity (Wildman–Crippen MR) is 77.9 cm³/mol. The second-order valence-electron chi connectivity index (χ2n) is 5.13. The SMILES string of the molecule is CC(C)NCc1ccc(CS(=O)(=O)CCS(C)(=O)=O)o1. The summed E-state index contributed by atoms with van der Waals surface area (Å²) in [6.07, 6.45) is 1.02. The Bertz CT molecular complexity index is 629. The largest absolute Gasteiger partial charge is 0.464 e. The van der Waals surface area contributed by atoms with Crippen LogP contribution < -0.4 is 5.32 Å². The van der Waals surface area contributed by atoms with Crippen molar-refractivity contribution in [2.45, 2.75) is 32.2 Å². The lowest BCUT2D eigenvalue weighted by molar-refractivity contribution is 0.443. The summed E-state index contributed by atoms with van der Waals surface area (Å²) in [6.45, 7) is 4.53. The Hall–Kier alpha value is -0.860. The Labute approximate surface area is 120 Å². The van der Waals surface area contributed by atoms with E-state index in [1.165, 1.54) is 0 Å². The van der Waals surface area contributed by atoms with Gasteiger partial charge in [0.1, 0.15) is 27.1 Å². The third-order valence-electron chi connectivity index (χ3n) is 2.53. The van der Waals surface area contributed by atoms with Gasteiger partial charge in [-0.2, -0.15) is 0 Å². The molecular formula is C12H21NO5S2. The first-order valence-electron chi connectivity index (χ1n) is 6.26. The summed E-state index contributed by atoms with van der Waals surface area (Å²) < 4.78 is 50.9. The minimum Gasteiger partial charge on any atom is -0.464 e. The fourth-order valence-electron chi connectivity index (χ4n) is 1.47. The van der Waals surface area contributed by atoms with Crippen molar-refractivity contribution in [2.75, 3.05) is 17.8 Å². The molecule has 1 aromatic heterocycles. The Morgan fingerprint density at radius 3 is 2.25 bits per heavy atom. The number of nitrogens with one attached hydrogen (secondary N) is 1. The molecule has 0 aromatic carbocycles. The average molecular weight is 323 g/mol. The lowest BCUT2D eigenvalue weighted by Crippen LogP contribution is -2.21. The molecular weight excluding hydrogens is 302 g/mol. The van der Waals surface area contributed by atoms with Crippen molar-refractivity contribution in [3.8, 4) is 0 Å². The minimum atomic E-state index is -3.48. The van der Waals surface area contributed by atoms with Gasteiger partial charge < -0.3 is 9.73 Å². The summed E-state index contributed by atoms with van der Waals surface area (Å²) in [5.41, 5.74) is 0. The molecule has 0 spiro atoms. The highest BCUT2D eigenvalue weighted by Gasteiger charge is 2.17. The zero-order valence-electron chi connectivity index (χ0n) is 11.9. The van der Waals surface area contributed by atoms with Gasteiger partial charge in [0, 0.05) is 12.3 Å². The molecule has 116 valence electrons. The number of hydrogen-bond donors (Lipinski definition) is 1. The molecule has 0 saturated carbocycles. The minimum absolute atomic E-state index is 0.274. The fourth-order valence-corrected chi connectivity index (χ4v) is 4.43. The van der Waals surface area contributed by atoms with E-state index in [9.17, 15) is 16.8 Å². The van der Waals surface area contributed by atoms with E-state index in [0.29, 0.717) is 24.1 Å². The highest BCUT2D eigenvalue weighted by atomic mass is 32.2. The Kier molecular flexibility index (Phi) is 5.79. The lowest BCUT2D eigenvalue weighted by Gasteiger charge is -2.05. The molecule has 0 fully saturated rings. The number of furan rings is 1. The molecule has 8 heteroatoms.